The number of hydrogen-bond acceptors (Lipinski definition) is 3. The van der Waals surface area contributed by atoms with E-state index in [-0.39, 0.29) is 5.91 Å². The molecule has 1 heterocycles. The van der Waals surface area contributed by atoms with Crippen LogP contribution in [0.15, 0.2) is 58.2 Å². The number of ether oxygens (including phenoxy) is 1. The van der Waals surface area contributed by atoms with Crippen molar-refractivity contribution in [2.75, 3.05) is 6.61 Å². The number of aromatic nitrogens is 1. The fourth-order valence-electron chi connectivity index (χ4n) is 2.38. The molecule has 0 saturated carbocycles. The van der Waals surface area contributed by atoms with E-state index in [1.807, 2.05) is 43.5 Å². The van der Waals surface area contributed by atoms with Crippen LogP contribution >= 0.6 is 15.9 Å². The van der Waals surface area contributed by atoms with E-state index in [4.69, 9.17) is 4.74 Å². The molecular weight excluding hydrogens is 370 g/mol. The first kappa shape index (κ1) is 16.3. The van der Waals surface area contributed by atoms with Crippen LogP contribution in [-0.4, -0.2) is 23.7 Å². The number of benzene rings is 2. The van der Waals surface area contributed by atoms with Gasteiger partial charge in [-0.15, -0.1) is 0 Å². The third-order valence-electron chi connectivity index (χ3n) is 3.48. The molecule has 0 radical (unpaired) electrons. The summed E-state index contributed by atoms with van der Waals surface area (Å²) < 4.78 is 6.29. The number of para-hydroxylation sites is 1. The number of hydrogen-bond donors (Lipinski definition) is 2. The zero-order chi connectivity index (χ0) is 16.9. The molecule has 2 N–H and O–H groups in total. The second-order valence-corrected chi connectivity index (χ2v) is 5.98. The summed E-state index contributed by atoms with van der Waals surface area (Å²) in [6, 6.07) is 13.2. The Labute approximate surface area is 147 Å². The number of aromatic amines is 1. The van der Waals surface area contributed by atoms with Crippen LogP contribution in [0.2, 0.25) is 0 Å². The highest BCUT2D eigenvalue weighted by atomic mass is 79.9. The Balaban J connectivity index is 1.77. The molecule has 0 spiro atoms. The van der Waals surface area contributed by atoms with Crippen LogP contribution in [0.3, 0.4) is 0 Å². The Morgan fingerprint density at radius 1 is 1.33 bits per heavy atom. The van der Waals surface area contributed by atoms with E-state index < -0.39 is 0 Å². The molecule has 0 aliphatic carbocycles. The van der Waals surface area contributed by atoms with Gasteiger partial charge >= 0.3 is 0 Å². The molecule has 6 heteroatoms. The van der Waals surface area contributed by atoms with E-state index >= 15 is 0 Å². The largest absolute Gasteiger partial charge is 0.493 e. The maximum Gasteiger partial charge on any atom is 0.275 e. The van der Waals surface area contributed by atoms with Crippen molar-refractivity contribution in [3.63, 3.8) is 0 Å². The summed E-state index contributed by atoms with van der Waals surface area (Å²) >= 11 is 3.36. The van der Waals surface area contributed by atoms with Crippen LogP contribution in [0.1, 0.15) is 22.8 Å². The van der Waals surface area contributed by atoms with Crippen molar-refractivity contribution in [3.05, 3.63) is 64.3 Å². The number of carbonyl (C=O) groups excluding carboxylic acids is 1. The SMILES string of the molecule is CCOc1ccc(Br)cc1C(=O)N/N=C/c1c[nH]c2ccccc12. The summed E-state index contributed by atoms with van der Waals surface area (Å²) in [6.45, 7) is 2.36. The molecule has 1 amide bonds. The van der Waals surface area contributed by atoms with Gasteiger partial charge < -0.3 is 9.72 Å². The van der Waals surface area contributed by atoms with Crippen molar-refractivity contribution in [1.82, 2.24) is 10.4 Å². The van der Waals surface area contributed by atoms with E-state index in [0.717, 1.165) is 20.9 Å². The monoisotopic (exact) mass is 385 g/mol. The number of rotatable bonds is 5. The van der Waals surface area contributed by atoms with Gasteiger partial charge in [0.15, 0.2) is 0 Å². The lowest BCUT2D eigenvalue weighted by molar-refractivity contribution is 0.0951. The molecule has 0 saturated heterocycles. The van der Waals surface area contributed by atoms with Gasteiger partial charge in [0.2, 0.25) is 0 Å². The quantitative estimate of drug-likeness (QED) is 0.512. The van der Waals surface area contributed by atoms with E-state index in [0.29, 0.717) is 17.9 Å². The van der Waals surface area contributed by atoms with E-state index in [1.165, 1.54) is 0 Å². The predicted molar refractivity (Wildman–Crippen MR) is 98.7 cm³/mol. The Kier molecular flexibility index (Phi) is 4.96. The van der Waals surface area contributed by atoms with Crippen molar-refractivity contribution >= 4 is 39.0 Å². The molecular formula is C18H16BrN3O2. The number of amides is 1. The first-order valence-corrected chi connectivity index (χ1v) is 8.30. The molecule has 0 aliphatic rings. The van der Waals surface area contributed by atoms with Gasteiger partial charge in [0.25, 0.3) is 5.91 Å². The van der Waals surface area contributed by atoms with Crippen molar-refractivity contribution in [3.8, 4) is 5.75 Å². The van der Waals surface area contributed by atoms with Crippen molar-refractivity contribution < 1.29 is 9.53 Å². The van der Waals surface area contributed by atoms with Gasteiger partial charge in [-0.1, -0.05) is 34.1 Å². The Hall–Kier alpha value is -2.60. The molecule has 2 aromatic carbocycles. The third kappa shape index (κ3) is 3.49. The third-order valence-corrected chi connectivity index (χ3v) is 3.97. The van der Waals surface area contributed by atoms with Crippen molar-refractivity contribution in [2.24, 2.45) is 5.10 Å². The smallest absolute Gasteiger partial charge is 0.275 e. The highest BCUT2D eigenvalue weighted by molar-refractivity contribution is 9.10. The minimum atomic E-state index is -0.323. The Bertz CT molecular complexity index is 902. The molecule has 0 fully saturated rings. The van der Waals surface area contributed by atoms with Crippen LogP contribution in [0.25, 0.3) is 10.9 Å². The Morgan fingerprint density at radius 2 is 2.17 bits per heavy atom. The van der Waals surface area contributed by atoms with Crippen LogP contribution in [0.5, 0.6) is 5.75 Å². The maximum absolute atomic E-state index is 12.4. The standard InChI is InChI=1S/C18H16BrN3O2/c1-2-24-17-8-7-13(19)9-15(17)18(23)22-21-11-12-10-20-16-6-4-3-5-14(12)16/h3-11,20H,2H2,1H3,(H,22,23)/b21-11+. The number of carbonyl (C=O) groups is 1. The van der Waals surface area contributed by atoms with Gasteiger partial charge in [0.1, 0.15) is 5.75 Å². The minimum Gasteiger partial charge on any atom is -0.493 e. The Morgan fingerprint density at radius 3 is 3.00 bits per heavy atom. The zero-order valence-electron chi connectivity index (χ0n) is 13.0. The first-order chi connectivity index (χ1) is 11.7. The molecule has 0 aliphatic heterocycles. The van der Waals surface area contributed by atoms with Crippen LogP contribution in [0, 0.1) is 0 Å². The fraction of sp³-hybridized carbons (Fsp3) is 0.111. The van der Waals surface area contributed by atoms with E-state index in [2.05, 4.69) is 31.4 Å². The van der Waals surface area contributed by atoms with Crippen LogP contribution < -0.4 is 10.2 Å². The molecule has 3 aromatic rings. The van der Waals surface area contributed by atoms with E-state index in [9.17, 15) is 4.79 Å². The number of hydrazone groups is 1. The molecule has 122 valence electrons. The summed E-state index contributed by atoms with van der Waals surface area (Å²) in [7, 11) is 0. The van der Waals surface area contributed by atoms with Gasteiger partial charge in [-0.05, 0) is 31.2 Å². The van der Waals surface area contributed by atoms with Crippen LogP contribution in [0.4, 0.5) is 0 Å². The summed E-state index contributed by atoms with van der Waals surface area (Å²) in [5, 5.41) is 5.10. The van der Waals surface area contributed by atoms with Crippen LogP contribution in [-0.2, 0) is 0 Å². The van der Waals surface area contributed by atoms with Crippen molar-refractivity contribution in [1.29, 1.82) is 0 Å². The van der Waals surface area contributed by atoms with Gasteiger partial charge in [0.05, 0.1) is 18.4 Å². The number of halogens is 1. The van der Waals surface area contributed by atoms with Gasteiger partial charge in [-0.2, -0.15) is 5.10 Å². The lowest BCUT2D eigenvalue weighted by Crippen LogP contribution is -2.18. The normalized spacial score (nSPS) is 11.1. The summed E-state index contributed by atoms with van der Waals surface area (Å²) in [6.07, 6.45) is 3.47. The molecule has 5 nitrogen and oxygen atoms in total. The zero-order valence-corrected chi connectivity index (χ0v) is 14.6. The predicted octanol–water partition coefficient (Wildman–Crippen LogP) is 4.09. The highest BCUT2D eigenvalue weighted by Gasteiger charge is 2.12. The number of fused-ring (bicyclic) bond motifs is 1. The average molecular weight is 386 g/mol. The highest BCUT2D eigenvalue weighted by Crippen LogP contribution is 2.23. The van der Waals surface area contributed by atoms with E-state index in [1.54, 1.807) is 18.3 Å². The number of nitrogens with zero attached hydrogens (tertiary/aromatic N) is 1. The number of nitrogens with one attached hydrogen (secondary N) is 2. The lowest BCUT2D eigenvalue weighted by atomic mass is 10.2. The second-order valence-electron chi connectivity index (χ2n) is 5.06. The van der Waals surface area contributed by atoms with Crippen molar-refractivity contribution in [2.45, 2.75) is 6.92 Å². The number of H-pyrrole nitrogens is 1. The molecule has 0 bridgehead atoms. The van der Waals surface area contributed by atoms with Gasteiger partial charge in [-0.25, -0.2) is 5.43 Å². The average Bonchev–Trinajstić information content (AvgIpc) is 3.00. The maximum atomic E-state index is 12.4. The molecule has 3 rings (SSSR count). The summed E-state index contributed by atoms with van der Waals surface area (Å²) in [5.74, 6) is 0.205. The molecule has 1 aromatic heterocycles. The van der Waals surface area contributed by atoms with Gasteiger partial charge in [-0.3, -0.25) is 4.79 Å². The fourth-order valence-corrected chi connectivity index (χ4v) is 2.74. The molecule has 0 atom stereocenters. The molecule has 0 unspecified atom stereocenters. The molecule has 24 heavy (non-hydrogen) atoms. The minimum absolute atomic E-state index is 0.323. The summed E-state index contributed by atoms with van der Waals surface area (Å²) in [5.41, 5.74) is 4.91. The summed E-state index contributed by atoms with van der Waals surface area (Å²) in [4.78, 5) is 15.5. The second kappa shape index (κ2) is 7.31. The first-order valence-electron chi connectivity index (χ1n) is 7.51. The van der Waals surface area contributed by atoms with Gasteiger partial charge in [0, 0.05) is 27.1 Å². The topological polar surface area (TPSA) is 66.5 Å². The lowest BCUT2D eigenvalue weighted by Gasteiger charge is -2.09.